The molecule has 0 heterocycles. The second kappa shape index (κ2) is 2.84. The molecule has 2 bridgehead atoms. The average Bonchev–Trinajstić information content (AvgIpc) is 2.30. The summed E-state index contributed by atoms with van der Waals surface area (Å²) in [4.78, 5) is 0. The van der Waals surface area contributed by atoms with Gasteiger partial charge in [-0.15, -0.1) is 0 Å². The van der Waals surface area contributed by atoms with Crippen molar-refractivity contribution in [3.8, 4) is 0 Å². The highest BCUT2D eigenvalue weighted by Crippen LogP contribution is 2.53. The molecule has 0 aliphatic heterocycles. The lowest BCUT2D eigenvalue weighted by molar-refractivity contribution is 0.0226. The number of fused-ring (bicyclic) bond motifs is 2. The fourth-order valence-electron chi connectivity index (χ4n) is 3.14. The Kier molecular flexibility index (Phi) is 2.03. The first-order valence-corrected chi connectivity index (χ1v) is 5.39. The molecular formula is C12H20O. The predicted molar refractivity (Wildman–Crippen MR) is 54.4 cm³/mol. The van der Waals surface area contributed by atoms with Gasteiger partial charge >= 0.3 is 0 Å². The molecule has 3 atom stereocenters. The van der Waals surface area contributed by atoms with Crippen molar-refractivity contribution in [3.05, 3.63) is 11.1 Å². The van der Waals surface area contributed by atoms with Gasteiger partial charge in [0, 0.05) is 5.92 Å². The first-order valence-electron chi connectivity index (χ1n) is 5.39. The minimum absolute atomic E-state index is 0.0638. The van der Waals surface area contributed by atoms with Gasteiger partial charge in [-0.25, -0.2) is 0 Å². The summed E-state index contributed by atoms with van der Waals surface area (Å²) in [5, 5.41) is 10.2. The lowest BCUT2D eigenvalue weighted by atomic mass is 9.72. The first-order chi connectivity index (χ1) is 6.04. The van der Waals surface area contributed by atoms with Gasteiger partial charge in [0.1, 0.15) is 0 Å². The van der Waals surface area contributed by atoms with E-state index >= 15 is 0 Å². The molecule has 0 aromatic carbocycles. The third-order valence-electron chi connectivity index (χ3n) is 4.18. The maximum atomic E-state index is 10.2. The summed E-state index contributed by atoms with van der Waals surface area (Å²) in [5.74, 6) is 0.490. The monoisotopic (exact) mass is 180 g/mol. The number of hydrogen-bond donors (Lipinski definition) is 1. The Hall–Kier alpha value is -0.300. The summed E-state index contributed by atoms with van der Waals surface area (Å²) in [6, 6.07) is 0. The van der Waals surface area contributed by atoms with Crippen LogP contribution in [0.25, 0.3) is 0 Å². The number of hydrogen-bond acceptors (Lipinski definition) is 1. The van der Waals surface area contributed by atoms with Crippen LogP contribution < -0.4 is 0 Å². The highest BCUT2D eigenvalue weighted by Gasteiger charge is 2.48. The molecule has 1 N–H and O–H groups in total. The predicted octanol–water partition coefficient (Wildman–Crippen LogP) is 2.89. The molecule has 1 heteroatoms. The summed E-state index contributed by atoms with van der Waals surface area (Å²) in [6.45, 7) is 6.62. The van der Waals surface area contributed by atoms with E-state index in [2.05, 4.69) is 20.8 Å². The van der Waals surface area contributed by atoms with Crippen LogP contribution in [0.2, 0.25) is 0 Å². The second-order valence-electron chi connectivity index (χ2n) is 5.27. The summed E-state index contributed by atoms with van der Waals surface area (Å²) in [5.41, 5.74) is 3.22. The van der Waals surface area contributed by atoms with Gasteiger partial charge in [-0.05, 0) is 44.9 Å². The zero-order valence-corrected chi connectivity index (χ0v) is 8.93. The van der Waals surface area contributed by atoms with E-state index in [9.17, 15) is 5.11 Å². The van der Waals surface area contributed by atoms with Crippen LogP contribution in [0.1, 0.15) is 46.5 Å². The molecule has 0 spiro atoms. The van der Waals surface area contributed by atoms with E-state index in [0.717, 1.165) is 0 Å². The van der Waals surface area contributed by atoms with E-state index in [1.807, 2.05) is 0 Å². The number of rotatable bonds is 0. The largest absolute Gasteiger partial charge is 0.392 e. The Bertz CT molecular complexity index is 250. The van der Waals surface area contributed by atoms with Crippen molar-refractivity contribution < 1.29 is 5.11 Å². The third-order valence-corrected chi connectivity index (χ3v) is 4.18. The highest BCUT2D eigenvalue weighted by molar-refractivity contribution is 5.22. The summed E-state index contributed by atoms with van der Waals surface area (Å²) >= 11 is 0. The summed E-state index contributed by atoms with van der Waals surface area (Å²) in [6.07, 6.45) is 4.77. The molecule has 2 fully saturated rings. The molecule has 2 rings (SSSR count). The van der Waals surface area contributed by atoms with E-state index in [-0.39, 0.29) is 11.5 Å². The van der Waals surface area contributed by atoms with Crippen LogP contribution in [0.4, 0.5) is 0 Å². The first kappa shape index (κ1) is 9.26. The van der Waals surface area contributed by atoms with E-state index in [1.165, 1.54) is 31.3 Å². The van der Waals surface area contributed by atoms with Crippen LogP contribution in [-0.4, -0.2) is 11.2 Å². The topological polar surface area (TPSA) is 20.2 Å². The number of aliphatic hydroxyl groups excluding tert-OH is 1. The van der Waals surface area contributed by atoms with Crippen molar-refractivity contribution in [1.29, 1.82) is 0 Å². The fraction of sp³-hybridized carbons (Fsp3) is 0.833. The van der Waals surface area contributed by atoms with Gasteiger partial charge < -0.3 is 5.11 Å². The molecule has 0 saturated heterocycles. The van der Waals surface area contributed by atoms with E-state index in [1.54, 1.807) is 5.57 Å². The van der Waals surface area contributed by atoms with Gasteiger partial charge in [0.25, 0.3) is 0 Å². The Balaban J connectivity index is 2.31. The average molecular weight is 180 g/mol. The van der Waals surface area contributed by atoms with Crippen molar-refractivity contribution in [2.75, 3.05) is 0 Å². The number of aliphatic hydroxyl groups is 1. The summed E-state index contributed by atoms with van der Waals surface area (Å²) in [7, 11) is 0. The van der Waals surface area contributed by atoms with Crippen molar-refractivity contribution in [1.82, 2.24) is 0 Å². The minimum atomic E-state index is -0.0638. The highest BCUT2D eigenvalue weighted by atomic mass is 16.3. The molecule has 0 aromatic rings. The third kappa shape index (κ3) is 1.25. The van der Waals surface area contributed by atoms with Gasteiger partial charge in [-0.3, -0.25) is 0 Å². The van der Waals surface area contributed by atoms with Crippen molar-refractivity contribution in [2.24, 2.45) is 11.3 Å². The van der Waals surface area contributed by atoms with Gasteiger partial charge in [-0.1, -0.05) is 18.1 Å². The fourth-order valence-corrected chi connectivity index (χ4v) is 3.14. The van der Waals surface area contributed by atoms with E-state index in [4.69, 9.17) is 0 Å². The normalized spacial score (nSPS) is 43.8. The standard InChI is InChI=1S/C12H20O/c1-8(2)9-4-6-12(3)7-5-10(9)11(12)13/h10-11,13H,4-7H2,1-3H3. The lowest BCUT2D eigenvalue weighted by Gasteiger charge is -2.37. The quantitative estimate of drug-likeness (QED) is 0.568. The Labute approximate surface area is 80.8 Å². The molecule has 74 valence electrons. The Morgan fingerprint density at radius 3 is 2.69 bits per heavy atom. The van der Waals surface area contributed by atoms with Gasteiger partial charge in [0.2, 0.25) is 0 Å². The Morgan fingerprint density at radius 2 is 2.08 bits per heavy atom. The zero-order chi connectivity index (χ0) is 9.64. The van der Waals surface area contributed by atoms with Gasteiger partial charge in [0.05, 0.1) is 6.10 Å². The lowest BCUT2D eigenvalue weighted by Crippen LogP contribution is -2.35. The second-order valence-corrected chi connectivity index (χ2v) is 5.27. The SMILES string of the molecule is CC(C)=C1CCC2(C)CCC1C2O. The van der Waals surface area contributed by atoms with Crippen molar-refractivity contribution in [3.63, 3.8) is 0 Å². The smallest absolute Gasteiger partial charge is 0.0659 e. The molecule has 0 radical (unpaired) electrons. The van der Waals surface area contributed by atoms with Crippen LogP contribution in [0.5, 0.6) is 0 Å². The van der Waals surface area contributed by atoms with Crippen LogP contribution in [0, 0.1) is 11.3 Å². The molecule has 2 aliphatic carbocycles. The number of allylic oxidation sites excluding steroid dienone is 1. The molecule has 2 aliphatic rings. The van der Waals surface area contributed by atoms with Crippen molar-refractivity contribution in [2.45, 2.75) is 52.6 Å². The molecule has 0 aromatic heterocycles. The zero-order valence-electron chi connectivity index (χ0n) is 8.93. The molecule has 2 saturated carbocycles. The maximum absolute atomic E-state index is 10.2. The van der Waals surface area contributed by atoms with E-state index < -0.39 is 0 Å². The molecular weight excluding hydrogens is 160 g/mol. The van der Waals surface area contributed by atoms with E-state index in [0.29, 0.717) is 5.92 Å². The van der Waals surface area contributed by atoms with Gasteiger partial charge in [0.15, 0.2) is 0 Å². The van der Waals surface area contributed by atoms with Crippen molar-refractivity contribution >= 4 is 0 Å². The molecule has 0 amide bonds. The van der Waals surface area contributed by atoms with Crippen LogP contribution in [-0.2, 0) is 0 Å². The van der Waals surface area contributed by atoms with Crippen LogP contribution in [0.3, 0.4) is 0 Å². The summed E-state index contributed by atoms with van der Waals surface area (Å²) < 4.78 is 0. The van der Waals surface area contributed by atoms with Crippen LogP contribution >= 0.6 is 0 Å². The van der Waals surface area contributed by atoms with Crippen LogP contribution in [0.15, 0.2) is 11.1 Å². The Morgan fingerprint density at radius 1 is 1.38 bits per heavy atom. The molecule has 1 nitrogen and oxygen atoms in total. The maximum Gasteiger partial charge on any atom is 0.0659 e. The molecule has 3 unspecified atom stereocenters. The van der Waals surface area contributed by atoms with Gasteiger partial charge in [-0.2, -0.15) is 0 Å². The minimum Gasteiger partial charge on any atom is -0.392 e. The molecule has 13 heavy (non-hydrogen) atoms.